The minimum Gasteiger partial charge on any atom is -0.306 e. The van der Waals surface area contributed by atoms with Gasteiger partial charge in [0.15, 0.2) is 0 Å². The zero-order valence-corrected chi connectivity index (χ0v) is 14.3. The fourth-order valence-electron chi connectivity index (χ4n) is 2.44. The molecule has 6 heteroatoms. The van der Waals surface area contributed by atoms with Gasteiger partial charge in [-0.2, -0.15) is 0 Å². The maximum Gasteiger partial charge on any atom is 0.266 e. The van der Waals surface area contributed by atoms with E-state index in [0.29, 0.717) is 15.7 Å². The van der Waals surface area contributed by atoms with E-state index in [4.69, 9.17) is 11.6 Å². The van der Waals surface area contributed by atoms with Crippen molar-refractivity contribution < 1.29 is 4.79 Å². The summed E-state index contributed by atoms with van der Waals surface area (Å²) in [4.78, 5) is 19.7. The number of nitrogens with one attached hydrogen (secondary N) is 1. The molecule has 0 aliphatic carbocycles. The molecule has 0 saturated heterocycles. The number of halogens is 1. The van der Waals surface area contributed by atoms with Crippen LogP contribution >= 0.6 is 34.7 Å². The number of rotatable bonds is 2. The van der Waals surface area contributed by atoms with Gasteiger partial charge in [0.05, 0.1) is 9.90 Å². The molecule has 2 aromatic heterocycles. The lowest BCUT2D eigenvalue weighted by Gasteiger charge is -2.14. The summed E-state index contributed by atoms with van der Waals surface area (Å²) in [5.41, 5.74) is 2.43. The van der Waals surface area contributed by atoms with E-state index in [1.165, 1.54) is 38.4 Å². The highest BCUT2D eigenvalue weighted by atomic mass is 35.5. The zero-order valence-electron chi connectivity index (χ0n) is 11.9. The van der Waals surface area contributed by atoms with Crippen molar-refractivity contribution in [2.45, 2.75) is 10.6 Å². The van der Waals surface area contributed by atoms with Crippen LogP contribution < -0.4 is 5.32 Å². The van der Waals surface area contributed by atoms with Gasteiger partial charge in [-0.15, -0.1) is 23.1 Å². The largest absolute Gasteiger partial charge is 0.306 e. The third kappa shape index (κ3) is 2.87. The smallest absolute Gasteiger partial charge is 0.266 e. The summed E-state index contributed by atoms with van der Waals surface area (Å²) in [7, 11) is 0. The molecule has 0 fully saturated rings. The van der Waals surface area contributed by atoms with E-state index in [1.54, 1.807) is 12.1 Å². The van der Waals surface area contributed by atoms with Crippen molar-refractivity contribution in [1.82, 2.24) is 4.98 Å². The number of anilines is 1. The Balaban J connectivity index is 1.63. The topological polar surface area (TPSA) is 42.0 Å². The number of hydrogen-bond donors (Lipinski definition) is 1. The van der Waals surface area contributed by atoms with E-state index in [1.807, 2.05) is 30.0 Å². The summed E-state index contributed by atoms with van der Waals surface area (Å²) in [6, 6.07) is 13.7. The van der Waals surface area contributed by atoms with Gasteiger partial charge in [-0.3, -0.25) is 4.79 Å². The van der Waals surface area contributed by atoms with E-state index < -0.39 is 0 Å². The van der Waals surface area contributed by atoms with Crippen molar-refractivity contribution in [3.8, 4) is 10.4 Å². The van der Waals surface area contributed by atoms with Crippen molar-refractivity contribution in [3.63, 3.8) is 0 Å². The first-order valence-corrected chi connectivity index (χ1v) is 9.16. The molecular formula is C17H11ClN2OS2. The number of benzene rings is 1. The minimum absolute atomic E-state index is 0.137. The van der Waals surface area contributed by atoms with Crippen molar-refractivity contribution in [2.75, 3.05) is 5.32 Å². The molecule has 1 amide bonds. The van der Waals surface area contributed by atoms with Crippen LogP contribution in [-0.2, 0) is 5.75 Å². The second-order valence-electron chi connectivity index (χ2n) is 5.07. The summed E-state index contributed by atoms with van der Waals surface area (Å²) in [5, 5.41) is 3.36. The molecular weight excluding hydrogens is 348 g/mol. The fourth-order valence-corrected chi connectivity index (χ4v) is 4.86. The molecule has 0 saturated carbocycles. The summed E-state index contributed by atoms with van der Waals surface area (Å²) < 4.78 is 0. The van der Waals surface area contributed by atoms with Crippen molar-refractivity contribution in [2.24, 2.45) is 0 Å². The first kappa shape index (κ1) is 14.8. The predicted molar refractivity (Wildman–Crippen MR) is 96.5 cm³/mol. The number of hydrogen-bond acceptors (Lipinski definition) is 4. The Labute approximate surface area is 146 Å². The van der Waals surface area contributed by atoms with Crippen molar-refractivity contribution in [3.05, 3.63) is 64.1 Å². The zero-order chi connectivity index (χ0) is 15.8. The summed E-state index contributed by atoms with van der Waals surface area (Å²) in [6.45, 7) is 0. The number of pyridine rings is 1. The van der Waals surface area contributed by atoms with Crippen LogP contribution in [0.5, 0.6) is 0 Å². The molecule has 0 bridgehead atoms. The highest BCUT2D eigenvalue weighted by Gasteiger charge is 2.21. The lowest BCUT2D eigenvalue weighted by Crippen LogP contribution is -2.11. The number of amides is 1. The third-order valence-corrected chi connectivity index (χ3v) is 6.07. The maximum atomic E-state index is 12.4. The van der Waals surface area contributed by atoms with Gasteiger partial charge in [-0.1, -0.05) is 29.8 Å². The molecule has 114 valence electrons. The maximum absolute atomic E-state index is 12.4. The number of thioether (sulfide) groups is 1. The summed E-state index contributed by atoms with van der Waals surface area (Å²) in [5.74, 6) is 1.26. The molecule has 23 heavy (non-hydrogen) atoms. The Kier molecular flexibility index (Phi) is 3.85. The predicted octanol–water partition coefficient (Wildman–Crippen LogP) is 5.32. The van der Waals surface area contributed by atoms with Gasteiger partial charge >= 0.3 is 0 Å². The molecule has 0 atom stereocenters. The van der Waals surface area contributed by atoms with Crippen LogP contribution in [0.2, 0.25) is 5.02 Å². The van der Waals surface area contributed by atoms with Gasteiger partial charge in [0, 0.05) is 27.3 Å². The van der Waals surface area contributed by atoms with Crippen LogP contribution in [0.1, 0.15) is 15.2 Å². The molecule has 1 N–H and O–H groups in total. The third-order valence-electron chi connectivity index (χ3n) is 3.52. The number of aromatic nitrogens is 1. The monoisotopic (exact) mass is 358 g/mol. The first-order valence-electron chi connectivity index (χ1n) is 6.98. The van der Waals surface area contributed by atoms with Crippen molar-refractivity contribution in [1.29, 1.82) is 0 Å². The number of carbonyl (C=O) groups is 1. The Morgan fingerprint density at radius 2 is 2.09 bits per heavy atom. The Hall–Kier alpha value is -1.82. The molecule has 1 aliphatic rings. The average molecular weight is 359 g/mol. The number of carbonyl (C=O) groups excluding carboxylic acids is 1. The second-order valence-corrected chi connectivity index (χ2v) is 7.57. The highest BCUT2D eigenvalue weighted by molar-refractivity contribution is 7.98. The fraction of sp³-hybridized carbons (Fsp3) is 0.0588. The van der Waals surface area contributed by atoms with Crippen LogP contribution in [0.4, 0.5) is 5.82 Å². The quantitative estimate of drug-likeness (QED) is 0.674. The molecule has 4 rings (SSSR count). The minimum atomic E-state index is -0.137. The normalized spacial score (nSPS) is 12.4. The highest BCUT2D eigenvalue weighted by Crippen LogP contribution is 2.45. The summed E-state index contributed by atoms with van der Waals surface area (Å²) >= 11 is 9.15. The van der Waals surface area contributed by atoms with Gasteiger partial charge in [0.25, 0.3) is 5.91 Å². The van der Waals surface area contributed by atoms with E-state index in [0.717, 1.165) is 5.75 Å². The molecule has 3 heterocycles. The van der Waals surface area contributed by atoms with Crippen LogP contribution in [0.15, 0.2) is 53.6 Å². The van der Waals surface area contributed by atoms with Crippen LogP contribution in [0.25, 0.3) is 10.4 Å². The molecule has 1 aromatic carbocycles. The average Bonchev–Trinajstić information content (AvgIpc) is 3.02. The molecule has 1 aliphatic heterocycles. The van der Waals surface area contributed by atoms with Gasteiger partial charge < -0.3 is 5.32 Å². The summed E-state index contributed by atoms with van der Waals surface area (Å²) in [6.07, 6.45) is 1.52. The lowest BCUT2D eigenvalue weighted by atomic mass is 10.1. The number of fused-ring (bicyclic) bond motifs is 3. The number of nitrogens with zero attached hydrogens (tertiary/aromatic N) is 1. The Bertz CT molecular complexity index is 890. The molecule has 0 unspecified atom stereocenters. The lowest BCUT2D eigenvalue weighted by molar-refractivity contribution is 0.103. The standard InChI is InChI=1S/C17H11ClN2OS2/c18-11-5-6-15(19-8-11)20-17(21)14-7-10-9-22-13-4-2-1-3-12(13)16(10)23-14/h1-8H,9H2,(H,19,20,21). The van der Waals surface area contributed by atoms with Gasteiger partial charge in [-0.05, 0) is 29.8 Å². The number of thiophene rings is 1. The SMILES string of the molecule is O=C(Nc1ccc(Cl)cn1)c1cc2c(s1)-c1ccccc1SC2. The van der Waals surface area contributed by atoms with E-state index in [-0.39, 0.29) is 5.91 Å². The van der Waals surface area contributed by atoms with Crippen LogP contribution in [0.3, 0.4) is 0 Å². The molecule has 3 nitrogen and oxygen atoms in total. The van der Waals surface area contributed by atoms with Crippen LogP contribution in [0, 0.1) is 0 Å². The van der Waals surface area contributed by atoms with Crippen molar-refractivity contribution >= 4 is 46.4 Å². The van der Waals surface area contributed by atoms with Gasteiger partial charge in [0.1, 0.15) is 5.82 Å². The molecule has 0 radical (unpaired) electrons. The van der Waals surface area contributed by atoms with E-state index in [9.17, 15) is 4.79 Å². The van der Waals surface area contributed by atoms with E-state index in [2.05, 4.69) is 22.4 Å². The second kappa shape index (κ2) is 6.00. The van der Waals surface area contributed by atoms with Gasteiger partial charge in [-0.25, -0.2) is 4.98 Å². The van der Waals surface area contributed by atoms with E-state index >= 15 is 0 Å². The first-order chi connectivity index (χ1) is 11.2. The Morgan fingerprint density at radius 1 is 1.22 bits per heavy atom. The molecule has 3 aromatic rings. The Morgan fingerprint density at radius 3 is 2.91 bits per heavy atom. The van der Waals surface area contributed by atoms with Crippen LogP contribution in [-0.4, -0.2) is 10.9 Å². The van der Waals surface area contributed by atoms with Gasteiger partial charge in [0.2, 0.25) is 0 Å². The molecule has 0 spiro atoms.